The van der Waals surface area contributed by atoms with E-state index in [-0.39, 0.29) is 30.0 Å². The molecule has 1 aliphatic heterocycles. The maximum absolute atomic E-state index is 12.3. The fourth-order valence-electron chi connectivity index (χ4n) is 2.79. The summed E-state index contributed by atoms with van der Waals surface area (Å²) in [5, 5.41) is 23.8. The number of carbonyl (C=O) groups is 1. The van der Waals surface area contributed by atoms with Gasteiger partial charge >= 0.3 is 6.09 Å². The van der Waals surface area contributed by atoms with Crippen molar-refractivity contribution in [2.45, 2.75) is 38.5 Å². The van der Waals surface area contributed by atoms with Crippen LogP contribution in [0.15, 0.2) is 16.6 Å². The molecule has 146 valence electrons. The van der Waals surface area contributed by atoms with Gasteiger partial charge in [0, 0.05) is 24.2 Å². The number of hydrogen-bond acceptors (Lipinski definition) is 7. The first-order valence-corrected chi connectivity index (χ1v) is 9.00. The Bertz CT molecular complexity index is 787. The minimum atomic E-state index is -0.635. The van der Waals surface area contributed by atoms with Crippen molar-refractivity contribution in [1.82, 2.24) is 4.90 Å². The van der Waals surface area contributed by atoms with Crippen LogP contribution in [-0.4, -0.2) is 53.9 Å². The van der Waals surface area contributed by atoms with Crippen molar-refractivity contribution in [3.63, 3.8) is 0 Å². The van der Waals surface area contributed by atoms with E-state index in [1.807, 2.05) is 6.07 Å². The first kappa shape index (κ1) is 20.9. The third-order valence-corrected chi connectivity index (χ3v) is 4.41. The molecule has 1 aliphatic rings. The lowest BCUT2D eigenvalue weighted by Crippen LogP contribution is -2.36. The lowest BCUT2D eigenvalue weighted by atomic mass is 10.1. The van der Waals surface area contributed by atoms with Gasteiger partial charge in [0.1, 0.15) is 17.4 Å². The SMILES string of the molecule is CO[C@H]1CN(C(=O)OC(C)(C)C)C[C@@H]1Nc1c(C#N)cc(Br)cc1[N+](=O)[O-]. The first-order chi connectivity index (χ1) is 12.6. The van der Waals surface area contributed by atoms with E-state index in [1.165, 1.54) is 24.1 Å². The van der Waals surface area contributed by atoms with Crippen molar-refractivity contribution in [2.75, 3.05) is 25.5 Å². The van der Waals surface area contributed by atoms with E-state index in [4.69, 9.17) is 9.47 Å². The van der Waals surface area contributed by atoms with Gasteiger partial charge in [-0.05, 0) is 26.8 Å². The van der Waals surface area contributed by atoms with Gasteiger partial charge in [-0.2, -0.15) is 5.26 Å². The predicted molar refractivity (Wildman–Crippen MR) is 102 cm³/mol. The van der Waals surface area contributed by atoms with Crippen LogP contribution in [0.2, 0.25) is 0 Å². The Labute approximate surface area is 165 Å². The molecule has 0 aromatic heterocycles. The van der Waals surface area contributed by atoms with Crippen LogP contribution in [0.3, 0.4) is 0 Å². The second-order valence-electron chi connectivity index (χ2n) is 7.13. The minimum absolute atomic E-state index is 0.101. The molecule has 1 saturated heterocycles. The summed E-state index contributed by atoms with van der Waals surface area (Å²) in [7, 11) is 1.50. The fraction of sp³-hybridized carbons (Fsp3) is 0.529. The molecular weight excluding hydrogens is 420 g/mol. The molecule has 1 N–H and O–H groups in total. The lowest BCUT2D eigenvalue weighted by Gasteiger charge is -2.24. The third kappa shape index (κ3) is 5.08. The average molecular weight is 441 g/mol. The smallest absolute Gasteiger partial charge is 0.410 e. The number of nitriles is 1. The standard InChI is InChI=1S/C17H21BrN4O5/c1-17(2,3)27-16(23)21-8-12(14(9-21)26-4)20-15-10(7-19)5-11(18)6-13(15)22(24)25/h5-6,12,14,20H,8-9H2,1-4H3/t12-,14-/m0/s1. The first-order valence-electron chi connectivity index (χ1n) is 8.21. The van der Waals surface area contributed by atoms with Gasteiger partial charge in [-0.3, -0.25) is 10.1 Å². The maximum Gasteiger partial charge on any atom is 0.410 e. The summed E-state index contributed by atoms with van der Waals surface area (Å²) in [6.07, 6.45) is -0.896. The molecule has 0 aliphatic carbocycles. The molecule has 1 aromatic carbocycles. The molecule has 0 bridgehead atoms. The van der Waals surface area contributed by atoms with Gasteiger partial charge in [-0.15, -0.1) is 0 Å². The highest BCUT2D eigenvalue weighted by molar-refractivity contribution is 9.10. The van der Waals surface area contributed by atoms with E-state index in [1.54, 1.807) is 20.8 Å². The molecule has 1 fully saturated rings. The number of nitro benzene ring substituents is 1. The van der Waals surface area contributed by atoms with Crippen LogP contribution in [0.4, 0.5) is 16.2 Å². The van der Waals surface area contributed by atoms with Gasteiger partial charge < -0.3 is 19.7 Å². The predicted octanol–water partition coefficient (Wildman–Crippen LogP) is 3.28. The lowest BCUT2D eigenvalue weighted by molar-refractivity contribution is -0.384. The number of amides is 1. The summed E-state index contributed by atoms with van der Waals surface area (Å²) in [4.78, 5) is 24.7. The Morgan fingerprint density at radius 3 is 2.63 bits per heavy atom. The molecule has 27 heavy (non-hydrogen) atoms. The van der Waals surface area contributed by atoms with E-state index in [0.29, 0.717) is 4.47 Å². The van der Waals surface area contributed by atoms with E-state index < -0.39 is 28.8 Å². The summed E-state index contributed by atoms with van der Waals surface area (Å²) < 4.78 is 11.2. The number of anilines is 1. The Morgan fingerprint density at radius 2 is 2.11 bits per heavy atom. The van der Waals surface area contributed by atoms with Gasteiger partial charge in [-0.1, -0.05) is 15.9 Å². The normalized spacial score (nSPS) is 19.5. The molecule has 2 rings (SSSR count). The molecule has 1 aromatic rings. The number of likely N-dealkylation sites (tertiary alicyclic amines) is 1. The number of halogens is 1. The van der Waals surface area contributed by atoms with Crippen LogP contribution in [0.1, 0.15) is 26.3 Å². The number of nitrogens with zero attached hydrogens (tertiary/aromatic N) is 3. The van der Waals surface area contributed by atoms with Gasteiger partial charge in [-0.25, -0.2) is 4.79 Å². The quantitative estimate of drug-likeness (QED) is 0.563. The Kier molecular flexibility index (Phi) is 6.28. The van der Waals surface area contributed by atoms with Crippen LogP contribution in [0.25, 0.3) is 0 Å². The Hall–Kier alpha value is -2.38. The molecule has 0 spiro atoms. The molecule has 1 heterocycles. The zero-order valence-electron chi connectivity index (χ0n) is 15.5. The van der Waals surface area contributed by atoms with Crippen LogP contribution in [0.5, 0.6) is 0 Å². The van der Waals surface area contributed by atoms with Crippen molar-refractivity contribution in [2.24, 2.45) is 0 Å². The second kappa shape index (κ2) is 8.10. The number of benzene rings is 1. The molecule has 0 radical (unpaired) electrons. The van der Waals surface area contributed by atoms with E-state index in [2.05, 4.69) is 21.2 Å². The summed E-state index contributed by atoms with van der Waals surface area (Å²) in [5.74, 6) is 0. The zero-order valence-corrected chi connectivity index (χ0v) is 17.1. The van der Waals surface area contributed by atoms with Crippen molar-refractivity contribution in [1.29, 1.82) is 5.26 Å². The maximum atomic E-state index is 12.3. The average Bonchev–Trinajstić information content (AvgIpc) is 2.97. The highest BCUT2D eigenvalue weighted by Crippen LogP contribution is 2.34. The number of ether oxygens (including phenoxy) is 2. The largest absolute Gasteiger partial charge is 0.444 e. The van der Waals surface area contributed by atoms with E-state index >= 15 is 0 Å². The van der Waals surface area contributed by atoms with Crippen LogP contribution >= 0.6 is 15.9 Å². The van der Waals surface area contributed by atoms with Crippen LogP contribution in [0, 0.1) is 21.4 Å². The number of hydrogen-bond donors (Lipinski definition) is 1. The van der Waals surface area contributed by atoms with Crippen molar-refractivity contribution < 1.29 is 19.2 Å². The van der Waals surface area contributed by atoms with Crippen molar-refractivity contribution in [3.8, 4) is 6.07 Å². The fourth-order valence-corrected chi connectivity index (χ4v) is 3.23. The molecule has 1 amide bonds. The number of nitro groups is 1. The number of methoxy groups -OCH3 is 1. The molecule has 10 heteroatoms. The number of carbonyl (C=O) groups excluding carboxylic acids is 1. The summed E-state index contributed by atoms with van der Waals surface area (Å²) in [6, 6.07) is 4.35. The second-order valence-corrected chi connectivity index (χ2v) is 8.04. The van der Waals surface area contributed by atoms with Gasteiger partial charge in [0.15, 0.2) is 0 Å². The van der Waals surface area contributed by atoms with Crippen molar-refractivity contribution >= 4 is 33.4 Å². The van der Waals surface area contributed by atoms with Gasteiger partial charge in [0.2, 0.25) is 0 Å². The summed E-state index contributed by atoms with van der Waals surface area (Å²) >= 11 is 3.17. The highest BCUT2D eigenvalue weighted by atomic mass is 79.9. The molecule has 0 unspecified atom stereocenters. The van der Waals surface area contributed by atoms with Crippen LogP contribution in [-0.2, 0) is 9.47 Å². The topological polar surface area (TPSA) is 118 Å². The molecule has 2 atom stereocenters. The monoisotopic (exact) mass is 440 g/mol. The number of nitrogens with one attached hydrogen (secondary N) is 1. The molecule has 9 nitrogen and oxygen atoms in total. The minimum Gasteiger partial charge on any atom is -0.444 e. The zero-order chi connectivity index (χ0) is 20.4. The summed E-state index contributed by atoms with van der Waals surface area (Å²) in [6.45, 7) is 5.82. The van der Waals surface area contributed by atoms with E-state index in [0.717, 1.165) is 0 Å². The van der Waals surface area contributed by atoms with Gasteiger partial charge in [0.25, 0.3) is 5.69 Å². The van der Waals surface area contributed by atoms with Gasteiger partial charge in [0.05, 0.1) is 29.2 Å². The highest BCUT2D eigenvalue weighted by Gasteiger charge is 2.38. The van der Waals surface area contributed by atoms with E-state index in [9.17, 15) is 20.2 Å². The summed E-state index contributed by atoms with van der Waals surface area (Å²) in [5.41, 5.74) is -0.638. The molecule has 0 saturated carbocycles. The van der Waals surface area contributed by atoms with Crippen molar-refractivity contribution in [3.05, 3.63) is 32.3 Å². The third-order valence-electron chi connectivity index (χ3n) is 3.95. The molecular formula is C17H21BrN4O5. The van der Waals surface area contributed by atoms with Crippen LogP contribution < -0.4 is 5.32 Å². The Morgan fingerprint density at radius 1 is 1.44 bits per heavy atom. The number of rotatable bonds is 4. The Balaban J connectivity index is 2.28.